The van der Waals surface area contributed by atoms with E-state index in [-0.39, 0.29) is 17.6 Å². The standard InChI is InChI=1S/C15H13F3N2O/c16-15(17,18)11-1-2-14(10(3-11)6-19)9-4-12-7-21-8-13(5-9)20-12/h1-4,12-13,20H,5,7-8H2. The van der Waals surface area contributed by atoms with Crippen LogP contribution in [0, 0.1) is 11.3 Å². The highest BCUT2D eigenvalue weighted by Crippen LogP contribution is 2.34. The van der Waals surface area contributed by atoms with E-state index in [1.807, 2.05) is 12.1 Å². The Kier molecular flexibility index (Phi) is 3.47. The number of nitrogens with zero attached hydrogens (tertiary/aromatic N) is 1. The van der Waals surface area contributed by atoms with E-state index in [9.17, 15) is 13.2 Å². The normalized spacial score (nSPS) is 25.1. The number of hydrogen-bond donors (Lipinski definition) is 1. The Balaban J connectivity index is 1.99. The predicted molar refractivity (Wildman–Crippen MR) is 70.3 cm³/mol. The van der Waals surface area contributed by atoms with Crippen LogP contribution in [0.15, 0.2) is 24.3 Å². The largest absolute Gasteiger partial charge is 0.416 e. The second-order valence-electron chi connectivity index (χ2n) is 5.27. The number of ether oxygens (including phenoxy) is 1. The number of nitriles is 1. The predicted octanol–water partition coefficient (Wildman–Crippen LogP) is 2.72. The zero-order chi connectivity index (χ0) is 15.0. The minimum Gasteiger partial charge on any atom is -0.378 e. The van der Waals surface area contributed by atoms with Crippen LogP contribution >= 0.6 is 0 Å². The number of nitrogens with one attached hydrogen (secondary N) is 1. The fourth-order valence-corrected chi connectivity index (χ4v) is 2.82. The van der Waals surface area contributed by atoms with E-state index in [0.717, 1.165) is 17.7 Å². The van der Waals surface area contributed by atoms with Crippen LogP contribution in [0.25, 0.3) is 5.57 Å². The highest BCUT2D eigenvalue weighted by molar-refractivity contribution is 5.72. The average Bonchev–Trinajstić information content (AvgIpc) is 2.45. The summed E-state index contributed by atoms with van der Waals surface area (Å²) in [5.41, 5.74) is 0.777. The molecular weight excluding hydrogens is 281 g/mol. The maximum atomic E-state index is 12.7. The third-order valence-electron chi connectivity index (χ3n) is 3.75. The molecule has 3 nitrogen and oxygen atoms in total. The van der Waals surface area contributed by atoms with Gasteiger partial charge in [0.15, 0.2) is 0 Å². The molecule has 2 atom stereocenters. The number of halogens is 3. The zero-order valence-corrected chi connectivity index (χ0v) is 11.1. The van der Waals surface area contributed by atoms with Gasteiger partial charge in [-0.3, -0.25) is 0 Å². The molecule has 1 aromatic rings. The molecule has 0 aliphatic carbocycles. The van der Waals surface area contributed by atoms with Gasteiger partial charge in [0.1, 0.15) is 0 Å². The molecule has 2 heterocycles. The van der Waals surface area contributed by atoms with Gasteiger partial charge in [-0.2, -0.15) is 18.4 Å². The van der Waals surface area contributed by atoms with E-state index in [0.29, 0.717) is 25.2 Å². The first-order chi connectivity index (χ1) is 9.97. The number of alkyl halides is 3. The van der Waals surface area contributed by atoms with Crippen molar-refractivity contribution in [3.05, 3.63) is 41.0 Å². The summed E-state index contributed by atoms with van der Waals surface area (Å²) < 4.78 is 43.6. The van der Waals surface area contributed by atoms with Gasteiger partial charge in [0.05, 0.1) is 30.4 Å². The summed E-state index contributed by atoms with van der Waals surface area (Å²) >= 11 is 0. The Morgan fingerprint density at radius 2 is 2.10 bits per heavy atom. The molecule has 0 aromatic heterocycles. The lowest BCUT2D eigenvalue weighted by molar-refractivity contribution is -0.137. The van der Waals surface area contributed by atoms with Crippen molar-refractivity contribution in [1.82, 2.24) is 5.32 Å². The van der Waals surface area contributed by atoms with Crippen molar-refractivity contribution in [2.45, 2.75) is 24.7 Å². The lowest BCUT2D eigenvalue weighted by Gasteiger charge is -2.35. The molecule has 2 bridgehead atoms. The maximum Gasteiger partial charge on any atom is 0.416 e. The van der Waals surface area contributed by atoms with E-state index in [1.165, 1.54) is 6.07 Å². The van der Waals surface area contributed by atoms with Crippen molar-refractivity contribution >= 4 is 5.57 Å². The Labute approximate surface area is 120 Å². The van der Waals surface area contributed by atoms with Gasteiger partial charge >= 0.3 is 6.18 Å². The molecule has 110 valence electrons. The molecule has 0 spiro atoms. The fourth-order valence-electron chi connectivity index (χ4n) is 2.82. The lowest BCUT2D eigenvalue weighted by atomic mass is 9.88. The minimum atomic E-state index is -4.43. The molecule has 1 aromatic carbocycles. The first kappa shape index (κ1) is 14.1. The van der Waals surface area contributed by atoms with Gasteiger partial charge < -0.3 is 10.1 Å². The van der Waals surface area contributed by atoms with E-state index >= 15 is 0 Å². The van der Waals surface area contributed by atoms with Crippen LogP contribution in [0.5, 0.6) is 0 Å². The Morgan fingerprint density at radius 1 is 1.29 bits per heavy atom. The third-order valence-corrected chi connectivity index (χ3v) is 3.75. The first-order valence-corrected chi connectivity index (χ1v) is 6.63. The minimum absolute atomic E-state index is 0.0568. The Bertz CT molecular complexity index is 631. The quantitative estimate of drug-likeness (QED) is 0.866. The monoisotopic (exact) mass is 294 g/mol. The smallest absolute Gasteiger partial charge is 0.378 e. The molecule has 0 radical (unpaired) electrons. The molecule has 21 heavy (non-hydrogen) atoms. The number of rotatable bonds is 1. The first-order valence-electron chi connectivity index (χ1n) is 6.63. The summed E-state index contributed by atoms with van der Waals surface area (Å²) in [5, 5.41) is 12.5. The van der Waals surface area contributed by atoms with Gasteiger partial charge in [0.2, 0.25) is 0 Å². The van der Waals surface area contributed by atoms with Crippen LogP contribution in [0.1, 0.15) is 23.1 Å². The molecule has 1 saturated heterocycles. The van der Waals surface area contributed by atoms with Gasteiger partial charge in [-0.25, -0.2) is 0 Å². The van der Waals surface area contributed by atoms with Crippen molar-refractivity contribution in [1.29, 1.82) is 5.26 Å². The second-order valence-corrected chi connectivity index (χ2v) is 5.27. The number of fused-ring (bicyclic) bond motifs is 2. The van der Waals surface area contributed by atoms with Gasteiger partial charge in [-0.15, -0.1) is 0 Å². The fraction of sp³-hybridized carbons (Fsp3) is 0.400. The van der Waals surface area contributed by atoms with E-state index in [4.69, 9.17) is 10.00 Å². The van der Waals surface area contributed by atoms with Gasteiger partial charge in [-0.1, -0.05) is 12.1 Å². The van der Waals surface area contributed by atoms with Crippen LogP contribution in [-0.4, -0.2) is 25.3 Å². The SMILES string of the molecule is N#Cc1cc(C(F)(F)F)ccc1C1=CC2COCC(C1)N2. The molecule has 0 saturated carbocycles. The highest BCUT2D eigenvalue weighted by atomic mass is 19.4. The van der Waals surface area contributed by atoms with Crippen molar-refractivity contribution in [2.75, 3.05) is 13.2 Å². The summed E-state index contributed by atoms with van der Waals surface area (Å²) in [7, 11) is 0. The molecule has 2 aliphatic heterocycles. The Hall–Kier alpha value is -1.84. The molecule has 2 aliphatic rings. The Morgan fingerprint density at radius 3 is 2.76 bits per heavy atom. The van der Waals surface area contributed by atoms with Crippen LogP contribution < -0.4 is 5.32 Å². The van der Waals surface area contributed by atoms with Crippen molar-refractivity contribution in [3.63, 3.8) is 0 Å². The number of benzene rings is 1. The molecule has 2 unspecified atom stereocenters. The van der Waals surface area contributed by atoms with Gasteiger partial charge in [0, 0.05) is 12.1 Å². The van der Waals surface area contributed by atoms with Crippen LogP contribution in [-0.2, 0) is 10.9 Å². The molecule has 1 fully saturated rings. The van der Waals surface area contributed by atoms with Crippen LogP contribution in [0.2, 0.25) is 0 Å². The van der Waals surface area contributed by atoms with E-state index in [1.54, 1.807) is 0 Å². The molecule has 3 rings (SSSR count). The zero-order valence-electron chi connectivity index (χ0n) is 11.1. The van der Waals surface area contributed by atoms with Crippen molar-refractivity contribution in [2.24, 2.45) is 0 Å². The average molecular weight is 294 g/mol. The van der Waals surface area contributed by atoms with Crippen molar-refractivity contribution in [3.8, 4) is 6.07 Å². The molecule has 1 N–H and O–H groups in total. The topological polar surface area (TPSA) is 45.0 Å². The summed E-state index contributed by atoms with van der Waals surface area (Å²) in [4.78, 5) is 0. The molecule has 0 amide bonds. The lowest BCUT2D eigenvalue weighted by Crippen LogP contribution is -2.50. The summed E-state index contributed by atoms with van der Waals surface area (Å²) in [6, 6.07) is 5.44. The summed E-state index contributed by atoms with van der Waals surface area (Å²) in [5.74, 6) is 0. The van der Waals surface area contributed by atoms with E-state index in [2.05, 4.69) is 5.32 Å². The van der Waals surface area contributed by atoms with Gasteiger partial charge in [0.25, 0.3) is 0 Å². The van der Waals surface area contributed by atoms with Gasteiger partial charge in [-0.05, 0) is 29.7 Å². The third kappa shape index (κ3) is 2.80. The van der Waals surface area contributed by atoms with Crippen LogP contribution in [0.3, 0.4) is 0 Å². The highest BCUT2D eigenvalue weighted by Gasteiger charge is 2.32. The summed E-state index contributed by atoms with van der Waals surface area (Å²) in [6.07, 6.45) is -1.84. The summed E-state index contributed by atoms with van der Waals surface area (Å²) in [6.45, 7) is 1.12. The van der Waals surface area contributed by atoms with Crippen LogP contribution in [0.4, 0.5) is 13.2 Å². The maximum absolute atomic E-state index is 12.7. The number of morpholine rings is 1. The van der Waals surface area contributed by atoms with E-state index < -0.39 is 11.7 Å². The molecule has 6 heteroatoms. The number of hydrogen-bond acceptors (Lipinski definition) is 3. The second kappa shape index (κ2) is 5.17. The molecular formula is C15H13F3N2O. The van der Waals surface area contributed by atoms with Crippen molar-refractivity contribution < 1.29 is 17.9 Å².